The second kappa shape index (κ2) is 12.2. The van der Waals surface area contributed by atoms with Crippen molar-refractivity contribution in [3.05, 3.63) is 19.5 Å². The Hall–Kier alpha value is 1.50. The molecule has 0 atom stereocenters. The zero-order valence-corrected chi connectivity index (χ0v) is 30.6. The van der Waals surface area contributed by atoms with Gasteiger partial charge in [-0.05, 0) is 23.3 Å². The van der Waals surface area contributed by atoms with Gasteiger partial charge in [-0.2, -0.15) is 23.5 Å². The summed E-state index contributed by atoms with van der Waals surface area (Å²) in [6, 6.07) is 0. The van der Waals surface area contributed by atoms with Crippen molar-refractivity contribution in [1.29, 1.82) is 0 Å². The lowest BCUT2D eigenvalue weighted by molar-refractivity contribution is 0.305. The molecule has 8 heteroatoms. The molecule has 0 aromatic carbocycles. The maximum atomic E-state index is 2.53. The van der Waals surface area contributed by atoms with Crippen LogP contribution in [0.15, 0.2) is 19.6 Å². The summed E-state index contributed by atoms with van der Waals surface area (Å²) in [6.07, 6.45) is 4.45. The Morgan fingerprint density at radius 1 is 0.556 bits per heavy atom. The molecule has 0 N–H and O–H groups in total. The highest BCUT2D eigenvalue weighted by Gasteiger charge is 2.47. The number of thiophene rings is 2. The van der Waals surface area contributed by atoms with Crippen molar-refractivity contribution in [3.8, 4) is 0 Å². The van der Waals surface area contributed by atoms with E-state index in [9.17, 15) is 0 Å². The van der Waals surface area contributed by atoms with E-state index in [2.05, 4.69) is 151 Å². The molecule has 0 radical (unpaired) electrons. The van der Waals surface area contributed by atoms with Crippen LogP contribution in [0, 0.1) is 0 Å². The summed E-state index contributed by atoms with van der Waals surface area (Å²) in [5, 5.41) is 2.21. The molecule has 2 aromatic rings. The maximum Gasteiger partial charge on any atom is 0.0437 e. The molecular formula is C28H44S8. The molecule has 0 unspecified atom stereocenters. The number of hydrogen-bond acceptors (Lipinski definition) is 8. The summed E-state index contributed by atoms with van der Waals surface area (Å²) in [5.74, 6) is 2.45. The van der Waals surface area contributed by atoms with Crippen molar-refractivity contribution in [2.75, 3.05) is 34.2 Å². The summed E-state index contributed by atoms with van der Waals surface area (Å²) in [5.41, 5.74) is 0.354. The van der Waals surface area contributed by atoms with E-state index in [0.29, 0.717) is 0 Å². The quantitative estimate of drug-likeness (QED) is 0.197. The minimum atomic E-state index is 0.00697. The monoisotopic (exact) mass is 636 g/mol. The highest BCUT2D eigenvalue weighted by atomic mass is 32.2. The van der Waals surface area contributed by atoms with E-state index in [1.807, 2.05) is 23.5 Å². The fourth-order valence-electron chi connectivity index (χ4n) is 4.23. The lowest BCUT2D eigenvalue weighted by Gasteiger charge is -2.42. The van der Waals surface area contributed by atoms with E-state index < -0.39 is 0 Å². The summed E-state index contributed by atoms with van der Waals surface area (Å²) >= 11 is 16.4. The maximum absolute atomic E-state index is 2.53. The van der Waals surface area contributed by atoms with Crippen LogP contribution >= 0.6 is 93.2 Å². The van der Waals surface area contributed by atoms with Gasteiger partial charge in [-0.1, -0.05) is 69.2 Å². The molecule has 3 rings (SSSR count). The third kappa shape index (κ3) is 6.36. The SMILES string of the molecule is CSCSc1c(C(C)(C)C)sc(C(C)(C)C(C)(C)c2sc(C(C)(C)C)c3c2SCCS3)c1SCSC. The number of hydrogen-bond donors (Lipinski definition) is 0. The van der Waals surface area contributed by atoms with Gasteiger partial charge in [0.1, 0.15) is 0 Å². The van der Waals surface area contributed by atoms with Gasteiger partial charge in [0.25, 0.3) is 0 Å². The van der Waals surface area contributed by atoms with E-state index in [0.717, 1.165) is 10.2 Å². The van der Waals surface area contributed by atoms with Crippen LogP contribution in [-0.4, -0.2) is 34.2 Å². The standard InChI is InChI=1S/C28H44S8/c1-25(2,3)21-17-19(32-14-13-31-17)23(35-21)27(7,8)28(9,10)24-20(34-16-30-12)18(33-15-29-11)22(36-24)26(4,5)6/h13-16H2,1-12H3. The van der Waals surface area contributed by atoms with E-state index in [4.69, 9.17) is 0 Å². The van der Waals surface area contributed by atoms with Crippen molar-refractivity contribution >= 4 is 93.2 Å². The molecule has 3 heterocycles. The smallest absolute Gasteiger partial charge is 0.0437 e. The normalized spacial score (nSPS) is 15.4. The first-order chi connectivity index (χ1) is 16.6. The van der Waals surface area contributed by atoms with Gasteiger partial charge in [0.05, 0.1) is 0 Å². The Labute approximate surface area is 255 Å². The molecule has 0 saturated carbocycles. The van der Waals surface area contributed by atoms with Crippen molar-refractivity contribution < 1.29 is 0 Å². The van der Waals surface area contributed by atoms with Gasteiger partial charge in [0.15, 0.2) is 0 Å². The fourth-order valence-corrected chi connectivity index (χ4v) is 14.8. The topological polar surface area (TPSA) is 0 Å². The second-order valence-corrected chi connectivity index (χ2v) is 21.1. The molecule has 0 saturated heterocycles. The Balaban J connectivity index is 2.24. The van der Waals surface area contributed by atoms with Crippen LogP contribution in [0.25, 0.3) is 0 Å². The average Bonchev–Trinajstić information content (AvgIpc) is 3.35. The molecule has 0 fully saturated rings. The Morgan fingerprint density at radius 3 is 1.39 bits per heavy atom. The minimum absolute atomic E-state index is 0.00697. The fraction of sp³-hybridized carbons (Fsp3) is 0.714. The molecule has 0 aliphatic carbocycles. The van der Waals surface area contributed by atoms with Gasteiger partial charge in [-0.15, -0.1) is 69.7 Å². The van der Waals surface area contributed by atoms with Crippen LogP contribution in [-0.2, 0) is 21.7 Å². The van der Waals surface area contributed by atoms with E-state index >= 15 is 0 Å². The third-order valence-electron chi connectivity index (χ3n) is 6.92. The van der Waals surface area contributed by atoms with Crippen LogP contribution in [0.1, 0.15) is 88.7 Å². The molecule has 0 bridgehead atoms. The molecule has 204 valence electrons. The summed E-state index contributed by atoms with van der Waals surface area (Å²) in [7, 11) is 0. The number of thioether (sulfide) groups is 6. The Morgan fingerprint density at radius 2 is 0.944 bits per heavy atom. The minimum Gasteiger partial charge on any atom is -0.154 e. The first-order valence-corrected chi connectivity index (χ1v) is 20.8. The van der Waals surface area contributed by atoms with Crippen LogP contribution in [0.4, 0.5) is 0 Å². The lowest BCUT2D eigenvalue weighted by atomic mass is 9.66. The van der Waals surface area contributed by atoms with Gasteiger partial charge in [0, 0.05) is 71.6 Å². The molecule has 36 heavy (non-hydrogen) atoms. The van der Waals surface area contributed by atoms with Gasteiger partial charge in [-0.3, -0.25) is 0 Å². The molecule has 1 aliphatic rings. The summed E-state index contributed by atoms with van der Waals surface area (Å²) in [6.45, 7) is 24.5. The zero-order valence-electron chi connectivity index (χ0n) is 24.1. The highest BCUT2D eigenvalue weighted by molar-refractivity contribution is 8.17. The number of rotatable bonds is 9. The molecule has 2 aromatic heterocycles. The molecule has 1 aliphatic heterocycles. The zero-order chi connectivity index (χ0) is 27.1. The van der Waals surface area contributed by atoms with Crippen LogP contribution in [0.2, 0.25) is 0 Å². The first-order valence-electron chi connectivity index (χ1n) is 12.4. The van der Waals surface area contributed by atoms with Crippen molar-refractivity contribution in [3.63, 3.8) is 0 Å². The summed E-state index contributed by atoms with van der Waals surface area (Å²) in [4.78, 5) is 12.6. The second-order valence-electron chi connectivity index (χ2n) is 12.4. The average molecular weight is 637 g/mol. The third-order valence-corrected chi connectivity index (χ3v) is 18.3. The molecule has 0 nitrogen and oxygen atoms in total. The van der Waals surface area contributed by atoms with Gasteiger partial charge < -0.3 is 0 Å². The highest BCUT2D eigenvalue weighted by Crippen LogP contribution is 2.60. The molecule has 0 amide bonds. The predicted octanol–water partition coefficient (Wildman–Crippen LogP) is 11.7. The first kappa shape index (κ1) is 32.0. The Bertz CT molecular complexity index is 1040. The predicted molar refractivity (Wildman–Crippen MR) is 182 cm³/mol. The van der Waals surface area contributed by atoms with Gasteiger partial charge in [-0.25, -0.2) is 0 Å². The molecular weight excluding hydrogens is 593 g/mol. The van der Waals surface area contributed by atoms with E-state index in [1.54, 1.807) is 39.1 Å². The van der Waals surface area contributed by atoms with Gasteiger partial charge >= 0.3 is 0 Å². The van der Waals surface area contributed by atoms with Crippen LogP contribution < -0.4 is 0 Å². The largest absolute Gasteiger partial charge is 0.154 e. The van der Waals surface area contributed by atoms with Crippen molar-refractivity contribution in [1.82, 2.24) is 0 Å². The Kier molecular flexibility index (Phi) is 10.8. The van der Waals surface area contributed by atoms with E-state index in [1.165, 1.54) is 11.5 Å². The lowest BCUT2D eigenvalue weighted by Crippen LogP contribution is -2.40. The molecule has 0 spiro atoms. The van der Waals surface area contributed by atoms with Crippen molar-refractivity contribution in [2.45, 2.75) is 110 Å². The van der Waals surface area contributed by atoms with E-state index in [-0.39, 0.29) is 21.7 Å². The van der Waals surface area contributed by atoms with Crippen LogP contribution in [0.5, 0.6) is 0 Å². The van der Waals surface area contributed by atoms with Gasteiger partial charge in [0.2, 0.25) is 0 Å². The number of fused-ring (bicyclic) bond motifs is 1. The van der Waals surface area contributed by atoms with Crippen molar-refractivity contribution in [2.24, 2.45) is 0 Å². The van der Waals surface area contributed by atoms with Crippen LogP contribution in [0.3, 0.4) is 0 Å². The summed E-state index contributed by atoms with van der Waals surface area (Å²) < 4.78 is 0.